The van der Waals surface area contributed by atoms with Crippen molar-refractivity contribution in [3.63, 3.8) is 0 Å². The maximum Gasteiger partial charge on any atom is 0.157 e. The maximum atomic E-state index is 9.23. The van der Waals surface area contributed by atoms with Crippen molar-refractivity contribution in [2.75, 3.05) is 6.54 Å². The van der Waals surface area contributed by atoms with Gasteiger partial charge in [0.2, 0.25) is 0 Å². The fourth-order valence-corrected chi connectivity index (χ4v) is 0.884. The van der Waals surface area contributed by atoms with Gasteiger partial charge in [-0.2, -0.15) is 0 Å². The summed E-state index contributed by atoms with van der Waals surface area (Å²) in [5.41, 5.74) is 5.69. The van der Waals surface area contributed by atoms with Crippen LogP contribution in [0.5, 0.6) is 11.5 Å². The number of phenols is 2. The topological polar surface area (TPSA) is 154 Å². The van der Waals surface area contributed by atoms with Crippen LogP contribution < -0.4 is 5.73 Å². The Morgan fingerprint density at radius 3 is 2.00 bits per heavy atom. The van der Waals surface area contributed by atoms with Crippen molar-refractivity contribution in [1.82, 2.24) is 0 Å². The average Bonchev–Trinajstić information content (AvgIpc) is 2.08. The van der Waals surface area contributed by atoms with Crippen LogP contribution in [0.15, 0.2) is 18.2 Å². The summed E-state index contributed by atoms with van der Waals surface area (Å²) in [6, 6.07) is 4.10. The van der Waals surface area contributed by atoms with Gasteiger partial charge in [-0.1, -0.05) is 6.07 Å². The van der Waals surface area contributed by atoms with Crippen molar-refractivity contribution in [2.45, 2.75) is 6.10 Å². The number of benzene rings is 1. The molecule has 0 aliphatic carbocycles. The van der Waals surface area contributed by atoms with Crippen LogP contribution in [-0.2, 0) is 30.6 Å². The van der Waals surface area contributed by atoms with E-state index in [0.29, 0.717) is 5.56 Å². The van der Waals surface area contributed by atoms with Crippen molar-refractivity contribution in [3.05, 3.63) is 36.1 Å². The van der Waals surface area contributed by atoms with Gasteiger partial charge in [-0.05, 0) is 17.7 Å². The summed E-state index contributed by atoms with van der Waals surface area (Å²) in [6.07, 6.45) is -0.795. The van der Waals surface area contributed by atoms with E-state index in [1.54, 1.807) is 0 Å². The number of thiol groups is 1. The molecule has 0 saturated heterocycles. The molecule has 0 aliphatic heterocycles. The quantitative estimate of drug-likeness (QED) is 0.280. The van der Waals surface area contributed by atoms with Crippen LogP contribution >= 0.6 is 0 Å². The smallest absolute Gasteiger partial charge is 0.157 e. The minimum atomic E-state index is -0.795. The summed E-state index contributed by atoms with van der Waals surface area (Å²) in [5.74, 6) is -0.456. The van der Waals surface area contributed by atoms with Crippen LogP contribution in [0.3, 0.4) is 0 Å². The van der Waals surface area contributed by atoms with Gasteiger partial charge in [0.15, 0.2) is 11.5 Å². The molecule has 0 aliphatic rings. The normalized spacial score (nSPS) is 9.62. The number of hydrogen-bond donors (Lipinski definition) is 4. The van der Waals surface area contributed by atoms with Gasteiger partial charge in [0.25, 0.3) is 0 Å². The third-order valence-electron chi connectivity index (χ3n) is 1.61. The molecule has 101 valence electrons. The van der Waals surface area contributed by atoms with Crippen LogP contribution in [0.1, 0.15) is 11.7 Å². The van der Waals surface area contributed by atoms with Crippen molar-refractivity contribution >= 4 is 13.5 Å². The zero-order chi connectivity index (χ0) is 9.14. The number of aromatic hydroxyl groups is 2. The van der Waals surface area contributed by atoms with Gasteiger partial charge in [0.1, 0.15) is 0 Å². The molecule has 1 rings (SSSR count). The number of nitrogens with two attached hydrogens (primary N) is 3. The molecule has 0 heterocycles. The number of aliphatic hydroxyl groups is 1. The van der Waals surface area contributed by atoms with E-state index in [-0.39, 0.29) is 60.9 Å². The fraction of sp³-hybridized carbons (Fsp3) is 0.250. The van der Waals surface area contributed by atoms with Crippen molar-refractivity contribution in [3.8, 4) is 11.5 Å². The van der Waals surface area contributed by atoms with Crippen LogP contribution in [0.25, 0.3) is 12.3 Å². The van der Waals surface area contributed by atoms with Gasteiger partial charge < -0.3 is 46.9 Å². The molecule has 6 nitrogen and oxygen atoms in total. The van der Waals surface area contributed by atoms with E-state index in [9.17, 15) is 5.11 Å². The molecule has 1 radical (unpaired) electrons. The van der Waals surface area contributed by atoms with E-state index < -0.39 is 6.10 Å². The van der Waals surface area contributed by atoms with Crippen molar-refractivity contribution < 1.29 is 32.4 Å². The molecule has 0 amide bonds. The van der Waals surface area contributed by atoms with Crippen LogP contribution in [0, 0.1) is 0 Å². The number of rotatable bonds is 2. The van der Waals surface area contributed by atoms with Crippen molar-refractivity contribution in [2.24, 2.45) is 5.73 Å². The summed E-state index contributed by atoms with van der Waals surface area (Å²) in [5, 5.41) is 27.2. The van der Waals surface area contributed by atoms with Gasteiger partial charge in [-0.15, -0.1) is 0 Å². The maximum absolute atomic E-state index is 9.23. The molecule has 8 heteroatoms. The largest absolute Gasteiger partial charge is 0.813 e. The predicted molar refractivity (Wildman–Crippen MR) is 63.1 cm³/mol. The Balaban J connectivity index is -0.000000180. The Kier molecular flexibility index (Phi) is 17.0. The molecule has 0 unspecified atom stereocenters. The minimum absolute atomic E-state index is 0. The number of phenolic OH excluding ortho intramolecular Hbond substituents is 2. The Morgan fingerprint density at radius 1 is 1.12 bits per heavy atom. The molecule has 16 heavy (non-hydrogen) atoms. The zero-order valence-electron chi connectivity index (χ0n) is 8.34. The van der Waals surface area contributed by atoms with E-state index >= 15 is 0 Å². The first kappa shape index (κ1) is 24.7. The monoisotopic (exact) mass is 297 g/mol. The Bertz CT molecular complexity index is 291. The van der Waals surface area contributed by atoms with Crippen molar-refractivity contribution in [1.29, 1.82) is 0 Å². The van der Waals surface area contributed by atoms with Gasteiger partial charge in [0, 0.05) is 23.6 Å². The van der Waals surface area contributed by atoms with Gasteiger partial charge in [-0.3, -0.25) is 0 Å². The molecule has 0 aromatic heterocycles. The third-order valence-corrected chi connectivity index (χ3v) is 1.61. The molecule has 0 spiro atoms. The SMILES string of the molecule is NC[C@@H](O)c1ccc(O)c(O)c1.[Cu].[NH2-].[NH2-].[SH-]. The average molecular weight is 298 g/mol. The third kappa shape index (κ3) is 6.19. The minimum Gasteiger partial charge on any atom is -0.813 e. The second kappa shape index (κ2) is 11.0. The van der Waals surface area contributed by atoms with E-state index in [4.69, 9.17) is 15.9 Å². The Hall–Kier alpha value is -0.471. The first-order valence-corrected chi connectivity index (χ1v) is 3.55. The second-order valence-electron chi connectivity index (χ2n) is 2.50. The molecule has 1 aromatic carbocycles. The summed E-state index contributed by atoms with van der Waals surface area (Å²) in [7, 11) is 0. The number of aliphatic hydroxyl groups excluding tert-OH is 1. The first-order valence-electron chi connectivity index (χ1n) is 3.55. The second-order valence-corrected chi connectivity index (χ2v) is 2.50. The van der Waals surface area contributed by atoms with E-state index in [1.807, 2.05) is 0 Å². The summed E-state index contributed by atoms with van der Waals surface area (Å²) >= 11 is 0. The Morgan fingerprint density at radius 2 is 1.62 bits per heavy atom. The molecule has 1 aromatic rings. The van der Waals surface area contributed by atoms with E-state index in [1.165, 1.54) is 18.2 Å². The molecule has 0 fully saturated rings. The fourth-order valence-electron chi connectivity index (χ4n) is 0.884. The molecular weight excluding hydrogens is 282 g/mol. The zero-order valence-corrected chi connectivity index (χ0v) is 10.2. The summed E-state index contributed by atoms with van der Waals surface area (Å²) in [6.45, 7) is 0.0875. The Labute approximate surface area is 112 Å². The standard InChI is InChI=1S/C8H11NO3.Cu.2H2N.H2S/c9-4-8(12)5-1-2-6(10)7(11)3-5;;;;/h1-3,8,10-12H,4,9H2;;3*1H2/q;;2*-1;/p-1/t8-;;;;/m1..../s1. The van der Waals surface area contributed by atoms with E-state index in [2.05, 4.69) is 0 Å². The molecule has 9 N–H and O–H groups in total. The van der Waals surface area contributed by atoms with E-state index in [0.717, 1.165) is 0 Å². The molecule has 0 bridgehead atoms. The first-order chi connectivity index (χ1) is 5.65. The summed E-state index contributed by atoms with van der Waals surface area (Å²) < 4.78 is 0. The predicted octanol–water partition coefficient (Wildman–Crippen LogP) is 1.25. The number of hydrogen-bond acceptors (Lipinski definition) is 5. The van der Waals surface area contributed by atoms with Gasteiger partial charge in [-0.25, -0.2) is 0 Å². The molecule has 0 saturated carbocycles. The molecular formula is C8H16CuN3O3S-3. The summed E-state index contributed by atoms with van der Waals surface area (Å²) in [4.78, 5) is 0. The van der Waals surface area contributed by atoms with Crippen LogP contribution in [0.2, 0.25) is 0 Å². The van der Waals surface area contributed by atoms with Crippen LogP contribution in [-0.4, -0.2) is 21.9 Å². The molecule has 1 atom stereocenters. The van der Waals surface area contributed by atoms with Crippen LogP contribution in [0.4, 0.5) is 0 Å². The van der Waals surface area contributed by atoms with Gasteiger partial charge >= 0.3 is 0 Å². The van der Waals surface area contributed by atoms with Gasteiger partial charge in [0.05, 0.1) is 6.10 Å².